The normalized spacial score (nSPS) is 10.4. The van der Waals surface area contributed by atoms with Gasteiger partial charge in [0.25, 0.3) is 0 Å². The number of carboxylic acid groups (broad SMARTS) is 4. The Balaban J connectivity index is 0.00000760. The van der Waals surface area contributed by atoms with Crippen LogP contribution in [0, 0.1) is 61.2 Å². The first-order chi connectivity index (χ1) is 17.9. The molecule has 0 radical (unpaired) electrons. The molecule has 206 valence electrons. The van der Waals surface area contributed by atoms with Gasteiger partial charge < -0.3 is 31.9 Å². The number of nitrogens with zero attached hydrogens (tertiary/aromatic N) is 3. The first-order valence-corrected chi connectivity index (χ1v) is 11.4. The third-order valence-electron chi connectivity index (χ3n) is 5.05. The molecule has 0 saturated carbocycles. The van der Waals surface area contributed by atoms with Gasteiger partial charge in [0.1, 0.15) is 0 Å². The molecule has 14 heteroatoms. The van der Waals surface area contributed by atoms with E-state index < -0.39 is 50.1 Å². The van der Waals surface area contributed by atoms with Gasteiger partial charge in [0.15, 0.2) is 0 Å². The number of pyridine rings is 1. The van der Waals surface area contributed by atoms with Crippen molar-refractivity contribution in [3.8, 4) is 11.8 Å². The van der Waals surface area contributed by atoms with E-state index in [1.165, 1.54) is 0 Å². The number of benzene rings is 1. The van der Waals surface area contributed by atoms with Gasteiger partial charge >= 0.3 is 73.3 Å². The van der Waals surface area contributed by atoms with Crippen molar-refractivity contribution in [1.82, 2.24) is 14.8 Å². The number of carbonyl (C=O) groups is 4. The van der Waals surface area contributed by atoms with Crippen LogP contribution >= 0.6 is 0 Å². The van der Waals surface area contributed by atoms with Crippen molar-refractivity contribution in [1.29, 1.82) is 0 Å². The van der Waals surface area contributed by atoms with Gasteiger partial charge in [0.05, 0.1) is 37.6 Å². The summed E-state index contributed by atoms with van der Waals surface area (Å²) in [5, 5.41) is 36.6. The Hall–Kier alpha value is -2.93. The fourth-order valence-corrected chi connectivity index (χ4v) is 3.64. The van der Waals surface area contributed by atoms with Gasteiger partial charge in [-0.1, -0.05) is 11.8 Å². The average molecular weight is 679 g/mol. The number of aliphatic carboxylic acids is 4. The third kappa shape index (κ3) is 13.1. The van der Waals surface area contributed by atoms with Crippen molar-refractivity contribution in [2.24, 2.45) is 5.73 Å². The molecule has 0 bridgehead atoms. The number of nitrogens with two attached hydrogens (primary N) is 2. The standard InChI is InChI=1S/C25H29N5O8.Eu/c26-6-5-18-7-16(3-4-21(18)27)1-2-17-8-19(10-29(12-22(31)32)13-23(33)34)28-20(9-17)11-30(14-24(35)36)15-25(37)38;/h3-4,7-9H,5-6,10-15,26-27H2,(H,31,32)(H,33,34)(H,35,36)(H,37,38);/q;+3. The maximum Gasteiger partial charge on any atom is 3.00 e. The molecule has 0 aliphatic heterocycles. The van der Waals surface area contributed by atoms with Gasteiger partial charge in [-0.15, -0.1) is 0 Å². The van der Waals surface area contributed by atoms with Gasteiger partial charge in [-0.3, -0.25) is 34.0 Å². The Labute approximate surface area is 265 Å². The van der Waals surface area contributed by atoms with E-state index in [0.717, 1.165) is 15.4 Å². The van der Waals surface area contributed by atoms with E-state index in [2.05, 4.69) is 16.8 Å². The first kappa shape index (κ1) is 34.1. The van der Waals surface area contributed by atoms with Crippen LogP contribution in [0.15, 0.2) is 30.3 Å². The summed E-state index contributed by atoms with van der Waals surface area (Å²) in [6.07, 6.45) is 0.566. The van der Waals surface area contributed by atoms with Gasteiger partial charge in [0, 0.05) is 29.9 Å². The Morgan fingerprint density at radius 1 is 0.744 bits per heavy atom. The average Bonchev–Trinajstić information content (AvgIpc) is 2.77. The van der Waals surface area contributed by atoms with E-state index in [9.17, 15) is 19.2 Å². The molecule has 1 aromatic carbocycles. The molecule has 2 aromatic rings. The summed E-state index contributed by atoms with van der Waals surface area (Å²) < 4.78 is 0. The molecular formula is C25H29EuN5O8+3. The number of aromatic nitrogens is 1. The summed E-state index contributed by atoms with van der Waals surface area (Å²) in [5.74, 6) is 1.06. The molecule has 0 fully saturated rings. The zero-order valence-electron chi connectivity index (χ0n) is 20.8. The van der Waals surface area contributed by atoms with E-state index >= 15 is 0 Å². The predicted octanol–water partition coefficient (Wildman–Crippen LogP) is -0.493. The van der Waals surface area contributed by atoms with Gasteiger partial charge in [-0.2, -0.15) is 0 Å². The van der Waals surface area contributed by atoms with Crippen LogP contribution in [-0.2, 0) is 38.7 Å². The molecule has 8 N–H and O–H groups in total. The Morgan fingerprint density at radius 2 is 1.18 bits per heavy atom. The topological polar surface area (TPSA) is 221 Å². The minimum absolute atomic E-state index is 0. The predicted molar refractivity (Wildman–Crippen MR) is 135 cm³/mol. The quantitative estimate of drug-likeness (QED) is 0.110. The molecule has 0 amide bonds. The maximum absolute atomic E-state index is 11.2. The molecule has 39 heavy (non-hydrogen) atoms. The summed E-state index contributed by atoms with van der Waals surface area (Å²) in [5.41, 5.74) is 14.7. The van der Waals surface area contributed by atoms with Crippen LogP contribution in [0.1, 0.15) is 28.1 Å². The fraction of sp³-hybridized carbons (Fsp3) is 0.320. The van der Waals surface area contributed by atoms with Crippen molar-refractivity contribution in [3.63, 3.8) is 0 Å². The van der Waals surface area contributed by atoms with Crippen LogP contribution in [0.25, 0.3) is 0 Å². The molecule has 0 atom stereocenters. The minimum Gasteiger partial charge on any atom is -0.480 e. The second-order valence-electron chi connectivity index (χ2n) is 8.41. The Kier molecular flexibility index (Phi) is 14.8. The number of anilines is 1. The second-order valence-corrected chi connectivity index (χ2v) is 8.41. The fourth-order valence-electron chi connectivity index (χ4n) is 3.64. The molecule has 1 aromatic heterocycles. The second kappa shape index (κ2) is 16.9. The van der Waals surface area contributed by atoms with Crippen LogP contribution in [0.4, 0.5) is 5.69 Å². The zero-order chi connectivity index (χ0) is 28.2. The molecule has 0 saturated heterocycles. The van der Waals surface area contributed by atoms with Crippen LogP contribution < -0.4 is 11.5 Å². The van der Waals surface area contributed by atoms with Gasteiger partial charge in [-0.25, -0.2) is 0 Å². The summed E-state index contributed by atoms with van der Waals surface area (Å²) in [6, 6.07) is 8.37. The van der Waals surface area contributed by atoms with Crippen molar-refractivity contribution < 1.29 is 89.0 Å². The molecule has 0 aliphatic rings. The molecule has 1 heterocycles. The van der Waals surface area contributed by atoms with E-state index in [1.807, 2.05) is 0 Å². The third-order valence-corrected chi connectivity index (χ3v) is 5.05. The smallest absolute Gasteiger partial charge is 0.480 e. The Bertz CT molecular complexity index is 1170. The summed E-state index contributed by atoms with van der Waals surface area (Å²) >= 11 is 0. The Morgan fingerprint density at radius 3 is 1.59 bits per heavy atom. The zero-order valence-corrected chi connectivity index (χ0v) is 23.3. The van der Waals surface area contributed by atoms with Crippen LogP contribution in [-0.4, -0.2) is 91.8 Å². The van der Waals surface area contributed by atoms with Crippen molar-refractivity contribution in [2.75, 3.05) is 38.5 Å². The van der Waals surface area contributed by atoms with Crippen molar-refractivity contribution >= 4 is 29.6 Å². The van der Waals surface area contributed by atoms with Crippen LogP contribution in [0.3, 0.4) is 0 Å². The molecule has 2 rings (SSSR count). The van der Waals surface area contributed by atoms with Gasteiger partial charge in [0.2, 0.25) is 0 Å². The van der Waals surface area contributed by atoms with E-state index in [4.69, 9.17) is 31.9 Å². The number of hydrogen-bond acceptors (Lipinski definition) is 9. The SMILES string of the molecule is NCCc1cc(C#Cc2cc(CN(CC(=O)O)CC(=O)O)nc(CN(CC(=O)O)CC(=O)O)c2)ccc1N.[Eu+3]. The number of nitrogen functional groups attached to an aromatic ring is 1. The van der Waals surface area contributed by atoms with E-state index in [1.54, 1.807) is 30.3 Å². The number of rotatable bonds is 14. The number of carboxylic acids is 4. The molecular weight excluding hydrogens is 650 g/mol. The molecule has 0 spiro atoms. The molecule has 0 unspecified atom stereocenters. The maximum atomic E-state index is 11.2. The van der Waals surface area contributed by atoms with Crippen LogP contribution in [0.2, 0.25) is 0 Å². The number of hydrogen-bond donors (Lipinski definition) is 6. The van der Waals surface area contributed by atoms with Crippen molar-refractivity contribution in [3.05, 3.63) is 58.4 Å². The monoisotopic (exact) mass is 680 g/mol. The van der Waals surface area contributed by atoms with Crippen molar-refractivity contribution in [2.45, 2.75) is 19.5 Å². The first-order valence-electron chi connectivity index (χ1n) is 11.4. The summed E-state index contributed by atoms with van der Waals surface area (Å²) in [7, 11) is 0. The van der Waals surface area contributed by atoms with Crippen LogP contribution in [0.5, 0.6) is 0 Å². The minimum atomic E-state index is -1.23. The van der Waals surface area contributed by atoms with Gasteiger partial charge in [-0.05, 0) is 48.9 Å². The molecule has 13 nitrogen and oxygen atoms in total. The van der Waals surface area contributed by atoms with E-state index in [-0.39, 0.29) is 73.9 Å². The van der Waals surface area contributed by atoms with E-state index in [0.29, 0.717) is 29.8 Å². The summed E-state index contributed by atoms with van der Waals surface area (Å²) in [6.45, 7) is -2.12. The molecule has 0 aliphatic carbocycles. The summed E-state index contributed by atoms with van der Waals surface area (Å²) in [4.78, 5) is 51.5. The largest absolute Gasteiger partial charge is 3.00 e.